The highest BCUT2D eigenvalue weighted by Crippen LogP contribution is 2.45. The number of carboxylic acids is 1. The van der Waals surface area contributed by atoms with Crippen molar-refractivity contribution in [3.63, 3.8) is 0 Å². The molecule has 1 amide bonds. The van der Waals surface area contributed by atoms with Crippen LogP contribution < -0.4 is 0 Å². The fourth-order valence-corrected chi connectivity index (χ4v) is 3.43. The Morgan fingerprint density at radius 3 is 2.76 bits per heavy atom. The van der Waals surface area contributed by atoms with Gasteiger partial charge in [-0.15, -0.1) is 0 Å². The second kappa shape index (κ2) is 5.15. The summed E-state index contributed by atoms with van der Waals surface area (Å²) in [6, 6.07) is 9.58. The Morgan fingerprint density at radius 2 is 2.14 bits per heavy atom. The molecule has 2 aliphatic heterocycles. The molecule has 2 aliphatic rings. The van der Waals surface area contributed by atoms with E-state index in [1.54, 1.807) is 4.90 Å². The standard InChI is InChI=1S/C16H19NO4/c1-11(12-5-3-2-4-6-12)17-10-16(15(19)20)7-8-21-9-13(16)14(17)18/h2-6,11,13H,7-10H2,1H3,(H,19,20)/t11?,13?,16-/m1/s1. The molecule has 2 unspecified atom stereocenters. The van der Waals surface area contributed by atoms with Crippen molar-refractivity contribution in [1.29, 1.82) is 0 Å². The lowest BCUT2D eigenvalue weighted by Gasteiger charge is -2.33. The number of likely N-dealkylation sites (tertiary alicyclic amines) is 1. The van der Waals surface area contributed by atoms with Crippen LogP contribution in [0, 0.1) is 11.3 Å². The molecule has 0 aromatic heterocycles. The smallest absolute Gasteiger partial charge is 0.312 e. The predicted octanol–water partition coefficient (Wildman–Crippen LogP) is 1.70. The molecule has 112 valence electrons. The molecule has 5 nitrogen and oxygen atoms in total. The molecule has 0 aliphatic carbocycles. The number of carbonyl (C=O) groups excluding carboxylic acids is 1. The minimum absolute atomic E-state index is 0.103. The molecule has 2 saturated heterocycles. The lowest BCUT2D eigenvalue weighted by atomic mass is 9.74. The highest BCUT2D eigenvalue weighted by atomic mass is 16.5. The minimum atomic E-state index is -0.988. The zero-order chi connectivity index (χ0) is 15.0. The van der Waals surface area contributed by atoms with Gasteiger partial charge in [0, 0.05) is 13.2 Å². The van der Waals surface area contributed by atoms with Gasteiger partial charge in [-0.25, -0.2) is 0 Å². The molecule has 5 heteroatoms. The van der Waals surface area contributed by atoms with E-state index < -0.39 is 17.3 Å². The molecule has 2 fully saturated rings. The third-order valence-corrected chi connectivity index (χ3v) is 4.85. The van der Waals surface area contributed by atoms with Gasteiger partial charge < -0.3 is 14.7 Å². The van der Waals surface area contributed by atoms with Crippen LogP contribution in [-0.4, -0.2) is 41.6 Å². The van der Waals surface area contributed by atoms with Crippen molar-refractivity contribution < 1.29 is 19.4 Å². The number of fused-ring (bicyclic) bond motifs is 1. The first-order valence-corrected chi connectivity index (χ1v) is 7.23. The second-order valence-corrected chi connectivity index (χ2v) is 5.89. The minimum Gasteiger partial charge on any atom is -0.481 e. The largest absolute Gasteiger partial charge is 0.481 e. The normalized spacial score (nSPS) is 30.0. The van der Waals surface area contributed by atoms with E-state index in [4.69, 9.17) is 4.74 Å². The molecular weight excluding hydrogens is 270 g/mol. The van der Waals surface area contributed by atoms with E-state index in [0.29, 0.717) is 13.0 Å². The Balaban J connectivity index is 1.92. The molecule has 3 rings (SSSR count). The van der Waals surface area contributed by atoms with Crippen LogP contribution in [0.3, 0.4) is 0 Å². The molecule has 1 N–H and O–H groups in total. The van der Waals surface area contributed by atoms with Gasteiger partial charge in [0.25, 0.3) is 0 Å². The average molecular weight is 289 g/mol. The highest BCUT2D eigenvalue weighted by Gasteiger charge is 2.59. The van der Waals surface area contributed by atoms with Gasteiger partial charge in [-0.2, -0.15) is 0 Å². The van der Waals surface area contributed by atoms with Crippen LogP contribution in [0.25, 0.3) is 0 Å². The van der Waals surface area contributed by atoms with Gasteiger partial charge in [0.2, 0.25) is 5.91 Å². The molecule has 2 heterocycles. The Hall–Kier alpha value is -1.88. The summed E-state index contributed by atoms with van der Waals surface area (Å²) in [6.45, 7) is 2.83. The van der Waals surface area contributed by atoms with Crippen molar-refractivity contribution in [2.75, 3.05) is 19.8 Å². The first-order valence-electron chi connectivity index (χ1n) is 7.23. The molecule has 0 spiro atoms. The van der Waals surface area contributed by atoms with Crippen molar-refractivity contribution >= 4 is 11.9 Å². The summed E-state index contributed by atoms with van der Waals surface area (Å²) in [4.78, 5) is 26.1. The number of benzene rings is 1. The predicted molar refractivity (Wildman–Crippen MR) is 75.6 cm³/mol. The number of amides is 1. The number of carbonyl (C=O) groups is 2. The molecule has 21 heavy (non-hydrogen) atoms. The number of aliphatic carboxylic acids is 1. The zero-order valence-electron chi connectivity index (χ0n) is 12.0. The maximum atomic E-state index is 12.6. The van der Waals surface area contributed by atoms with Crippen molar-refractivity contribution in [1.82, 2.24) is 4.90 Å². The Labute approximate surface area is 123 Å². The summed E-state index contributed by atoms with van der Waals surface area (Å²) in [7, 11) is 0. The highest BCUT2D eigenvalue weighted by molar-refractivity contribution is 5.91. The zero-order valence-corrected chi connectivity index (χ0v) is 12.0. The number of carboxylic acid groups (broad SMARTS) is 1. The SMILES string of the molecule is CC(c1ccccc1)N1C[C@]2(C(=O)O)CCOCC2C1=O. The second-order valence-electron chi connectivity index (χ2n) is 5.89. The number of hydrogen-bond donors (Lipinski definition) is 1. The summed E-state index contributed by atoms with van der Waals surface area (Å²) in [6.07, 6.45) is 0.400. The number of nitrogens with zero attached hydrogens (tertiary/aromatic N) is 1. The van der Waals surface area contributed by atoms with Crippen LogP contribution >= 0.6 is 0 Å². The van der Waals surface area contributed by atoms with Crippen LogP contribution in [-0.2, 0) is 14.3 Å². The van der Waals surface area contributed by atoms with Crippen molar-refractivity contribution in [2.45, 2.75) is 19.4 Å². The van der Waals surface area contributed by atoms with Crippen molar-refractivity contribution in [3.05, 3.63) is 35.9 Å². The summed E-state index contributed by atoms with van der Waals surface area (Å²) < 4.78 is 5.35. The van der Waals surface area contributed by atoms with Gasteiger partial charge in [-0.3, -0.25) is 9.59 Å². The number of rotatable bonds is 3. The van der Waals surface area contributed by atoms with Crippen LogP contribution in [0.4, 0.5) is 0 Å². The van der Waals surface area contributed by atoms with E-state index in [9.17, 15) is 14.7 Å². The van der Waals surface area contributed by atoms with Gasteiger partial charge in [-0.05, 0) is 18.9 Å². The van der Waals surface area contributed by atoms with E-state index >= 15 is 0 Å². The summed E-state index contributed by atoms with van der Waals surface area (Å²) in [5.74, 6) is -1.55. The van der Waals surface area contributed by atoms with E-state index in [1.807, 2.05) is 37.3 Å². The lowest BCUT2D eigenvalue weighted by Crippen LogP contribution is -2.45. The maximum Gasteiger partial charge on any atom is 0.312 e. The van der Waals surface area contributed by atoms with Gasteiger partial charge in [-0.1, -0.05) is 30.3 Å². The van der Waals surface area contributed by atoms with Crippen LogP contribution in [0.1, 0.15) is 24.9 Å². The van der Waals surface area contributed by atoms with E-state index in [-0.39, 0.29) is 25.1 Å². The number of ether oxygens (including phenoxy) is 1. The lowest BCUT2D eigenvalue weighted by molar-refractivity contribution is -0.160. The molecule has 0 radical (unpaired) electrons. The molecule has 1 aromatic rings. The molecule has 1 aromatic carbocycles. The summed E-state index contributed by atoms with van der Waals surface area (Å²) in [5, 5.41) is 9.65. The van der Waals surface area contributed by atoms with Crippen LogP contribution in [0.2, 0.25) is 0 Å². The maximum absolute atomic E-state index is 12.6. The summed E-state index contributed by atoms with van der Waals surface area (Å²) >= 11 is 0. The van der Waals surface area contributed by atoms with Crippen LogP contribution in [0.15, 0.2) is 30.3 Å². The third-order valence-electron chi connectivity index (χ3n) is 4.85. The van der Waals surface area contributed by atoms with Gasteiger partial charge in [0.05, 0.1) is 18.6 Å². The molecular formula is C16H19NO4. The van der Waals surface area contributed by atoms with E-state index in [1.165, 1.54) is 0 Å². The van der Waals surface area contributed by atoms with Crippen LogP contribution in [0.5, 0.6) is 0 Å². The fourth-order valence-electron chi connectivity index (χ4n) is 3.43. The Kier molecular flexibility index (Phi) is 3.45. The quantitative estimate of drug-likeness (QED) is 0.919. The first kappa shape index (κ1) is 14.1. The Morgan fingerprint density at radius 1 is 1.43 bits per heavy atom. The van der Waals surface area contributed by atoms with E-state index in [2.05, 4.69) is 0 Å². The first-order chi connectivity index (χ1) is 10.1. The Bertz CT molecular complexity index is 559. The van der Waals surface area contributed by atoms with Crippen molar-refractivity contribution in [2.24, 2.45) is 11.3 Å². The molecule has 3 atom stereocenters. The fraction of sp³-hybridized carbons (Fsp3) is 0.500. The topological polar surface area (TPSA) is 66.8 Å². The number of hydrogen-bond acceptors (Lipinski definition) is 3. The van der Waals surface area contributed by atoms with Gasteiger partial charge >= 0.3 is 5.97 Å². The monoisotopic (exact) mass is 289 g/mol. The third kappa shape index (κ3) is 2.12. The average Bonchev–Trinajstić information content (AvgIpc) is 2.82. The van der Waals surface area contributed by atoms with Gasteiger partial charge in [0.15, 0.2) is 0 Å². The van der Waals surface area contributed by atoms with E-state index in [0.717, 1.165) is 5.56 Å². The molecule has 0 saturated carbocycles. The molecule has 0 bridgehead atoms. The van der Waals surface area contributed by atoms with Crippen molar-refractivity contribution in [3.8, 4) is 0 Å². The summed E-state index contributed by atoms with van der Waals surface area (Å²) in [5.41, 5.74) is 0.0317. The van der Waals surface area contributed by atoms with Gasteiger partial charge in [0.1, 0.15) is 5.41 Å².